The molecule has 0 bridgehead atoms. The molecule has 0 aliphatic rings. The molecular formula is C20H24N2O3. The van der Waals surface area contributed by atoms with Crippen LogP contribution in [-0.2, 0) is 9.59 Å². The molecule has 0 spiro atoms. The zero-order valence-electron chi connectivity index (χ0n) is 15.1. The maximum atomic E-state index is 12.2. The molecule has 0 fully saturated rings. The van der Waals surface area contributed by atoms with Crippen LogP contribution in [0.15, 0.2) is 42.5 Å². The smallest absolute Gasteiger partial charge is 0.226 e. The largest absolute Gasteiger partial charge is 0.495 e. The van der Waals surface area contributed by atoms with Gasteiger partial charge in [-0.2, -0.15) is 0 Å². The van der Waals surface area contributed by atoms with Crippen LogP contribution in [0.4, 0.5) is 11.4 Å². The van der Waals surface area contributed by atoms with Crippen LogP contribution in [0.2, 0.25) is 0 Å². The fourth-order valence-corrected chi connectivity index (χ4v) is 2.56. The Kier molecular flexibility index (Phi) is 6.17. The molecule has 0 aliphatic heterocycles. The number of carbonyl (C=O) groups is 2. The summed E-state index contributed by atoms with van der Waals surface area (Å²) in [7, 11) is 1.56. The molecule has 0 saturated carbocycles. The Morgan fingerprint density at radius 1 is 1.08 bits per heavy atom. The van der Waals surface area contributed by atoms with Crippen molar-refractivity contribution < 1.29 is 14.3 Å². The van der Waals surface area contributed by atoms with E-state index < -0.39 is 0 Å². The highest BCUT2D eigenvalue weighted by molar-refractivity contribution is 5.95. The summed E-state index contributed by atoms with van der Waals surface area (Å²) in [6.07, 6.45) is 0.199. The van der Waals surface area contributed by atoms with Crippen molar-refractivity contribution in [2.24, 2.45) is 0 Å². The van der Waals surface area contributed by atoms with E-state index in [4.69, 9.17) is 4.74 Å². The minimum Gasteiger partial charge on any atom is -0.495 e. The molecule has 5 nitrogen and oxygen atoms in total. The van der Waals surface area contributed by atoms with Gasteiger partial charge < -0.3 is 15.0 Å². The Morgan fingerprint density at radius 3 is 2.44 bits per heavy atom. The lowest BCUT2D eigenvalue weighted by atomic mass is 10.1. The predicted octanol–water partition coefficient (Wildman–Crippen LogP) is 3.69. The van der Waals surface area contributed by atoms with E-state index in [1.54, 1.807) is 18.1 Å². The summed E-state index contributed by atoms with van der Waals surface area (Å²) in [4.78, 5) is 25.8. The fraction of sp³-hybridized carbons (Fsp3) is 0.300. The highest BCUT2D eigenvalue weighted by Crippen LogP contribution is 2.28. The number of anilines is 2. The van der Waals surface area contributed by atoms with E-state index in [2.05, 4.69) is 5.32 Å². The molecule has 2 aromatic carbocycles. The topological polar surface area (TPSA) is 58.6 Å². The molecule has 0 atom stereocenters. The molecule has 0 saturated heterocycles. The van der Waals surface area contributed by atoms with E-state index >= 15 is 0 Å². The molecule has 2 aromatic rings. The van der Waals surface area contributed by atoms with Gasteiger partial charge >= 0.3 is 0 Å². The van der Waals surface area contributed by atoms with Crippen LogP contribution in [0.3, 0.4) is 0 Å². The first-order valence-electron chi connectivity index (χ1n) is 8.20. The van der Waals surface area contributed by atoms with Gasteiger partial charge in [-0.3, -0.25) is 9.59 Å². The monoisotopic (exact) mass is 340 g/mol. The Morgan fingerprint density at radius 2 is 1.80 bits per heavy atom. The van der Waals surface area contributed by atoms with Crippen molar-refractivity contribution >= 4 is 23.2 Å². The van der Waals surface area contributed by atoms with Crippen LogP contribution >= 0.6 is 0 Å². The van der Waals surface area contributed by atoms with E-state index in [1.165, 1.54) is 12.5 Å². The third kappa shape index (κ3) is 4.83. The van der Waals surface area contributed by atoms with Gasteiger partial charge in [0.2, 0.25) is 11.8 Å². The summed E-state index contributed by atoms with van der Waals surface area (Å²) in [5.74, 6) is 0.333. The number of para-hydroxylation sites is 2. The number of methoxy groups -OCH3 is 1. The van der Waals surface area contributed by atoms with Crippen molar-refractivity contribution in [1.29, 1.82) is 0 Å². The highest BCUT2D eigenvalue weighted by atomic mass is 16.5. The number of rotatable bonds is 6. The van der Waals surface area contributed by atoms with Gasteiger partial charge in [0.25, 0.3) is 0 Å². The Balaban J connectivity index is 2.04. The van der Waals surface area contributed by atoms with Crippen molar-refractivity contribution in [1.82, 2.24) is 0 Å². The van der Waals surface area contributed by atoms with Crippen LogP contribution in [-0.4, -0.2) is 25.5 Å². The molecule has 1 N–H and O–H groups in total. The fourth-order valence-electron chi connectivity index (χ4n) is 2.56. The average molecular weight is 340 g/mol. The number of nitrogens with one attached hydrogen (secondary N) is 1. The zero-order valence-corrected chi connectivity index (χ0v) is 15.1. The number of amides is 2. The summed E-state index contributed by atoms with van der Waals surface area (Å²) in [5.41, 5.74) is 3.73. The van der Waals surface area contributed by atoms with Gasteiger partial charge in [0.1, 0.15) is 5.75 Å². The van der Waals surface area contributed by atoms with Crippen LogP contribution in [0.25, 0.3) is 0 Å². The molecule has 0 heterocycles. The van der Waals surface area contributed by atoms with Crippen molar-refractivity contribution in [3.05, 3.63) is 53.6 Å². The number of benzene rings is 2. The van der Waals surface area contributed by atoms with Crippen molar-refractivity contribution in [2.75, 3.05) is 23.9 Å². The number of aryl methyl sites for hydroxylation is 2. The summed E-state index contributed by atoms with van der Waals surface area (Å²) in [6.45, 7) is 5.79. The summed E-state index contributed by atoms with van der Waals surface area (Å²) >= 11 is 0. The third-order valence-electron chi connectivity index (χ3n) is 4.11. The predicted molar refractivity (Wildman–Crippen MR) is 100 cm³/mol. The second kappa shape index (κ2) is 8.33. The quantitative estimate of drug-likeness (QED) is 0.872. The Hall–Kier alpha value is -2.82. The molecular weight excluding hydrogens is 316 g/mol. The first kappa shape index (κ1) is 18.5. The molecule has 0 aromatic heterocycles. The first-order chi connectivity index (χ1) is 11.9. The van der Waals surface area contributed by atoms with Crippen LogP contribution in [0.5, 0.6) is 5.75 Å². The van der Waals surface area contributed by atoms with E-state index in [-0.39, 0.29) is 24.8 Å². The number of hydrogen-bond acceptors (Lipinski definition) is 3. The number of ether oxygens (including phenoxy) is 1. The molecule has 132 valence electrons. The molecule has 2 amide bonds. The summed E-state index contributed by atoms with van der Waals surface area (Å²) in [6, 6.07) is 13.1. The second-order valence-electron chi connectivity index (χ2n) is 5.94. The van der Waals surface area contributed by atoms with Gasteiger partial charge in [-0.15, -0.1) is 0 Å². The van der Waals surface area contributed by atoms with Crippen molar-refractivity contribution in [3.8, 4) is 5.75 Å². The van der Waals surface area contributed by atoms with Gasteiger partial charge in [0.05, 0.1) is 12.8 Å². The summed E-state index contributed by atoms with van der Waals surface area (Å²) < 4.78 is 5.31. The lowest BCUT2D eigenvalue weighted by Gasteiger charge is -2.23. The van der Waals surface area contributed by atoms with Crippen molar-refractivity contribution in [3.63, 3.8) is 0 Å². The standard InChI is InChI=1S/C20H24N2O3/c1-14-9-10-17(13-15(14)2)21-20(24)11-12-22(16(3)23)18-7-5-6-8-19(18)25-4/h5-10,13H,11-12H2,1-4H3,(H,21,24). The highest BCUT2D eigenvalue weighted by Gasteiger charge is 2.17. The first-order valence-corrected chi connectivity index (χ1v) is 8.20. The second-order valence-corrected chi connectivity index (χ2v) is 5.94. The van der Waals surface area contributed by atoms with Crippen LogP contribution in [0.1, 0.15) is 24.5 Å². The van der Waals surface area contributed by atoms with Gasteiger partial charge in [-0.25, -0.2) is 0 Å². The molecule has 0 radical (unpaired) electrons. The zero-order chi connectivity index (χ0) is 18.4. The minimum atomic E-state index is -0.136. The average Bonchev–Trinajstić information content (AvgIpc) is 2.58. The molecule has 25 heavy (non-hydrogen) atoms. The van der Waals surface area contributed by atoms with E-state index in [0.717, 1.165) is 11.3 Å². The number of hydrogen-bond donors (Lipinski definition) is 1. The molecule has 2 rings (SSSR count). The van der Waals surface area contributed by atoms with Crippen LogP contribution < -0.4 is 15.0 Å². The molecule has 5 heteroatoms. The lowest BCUT2D eigenvalue weighted by Crippen LogP contribution is -2.32. The van der Waals surface area contributed by atoms with Gasteiger partial charge in [-0.05, 0) is 49.2 Å². The van der Waals surface area contributed by atoms with E-state index in [1.807, 2.05) is 50.2 Å². The van der Waals surface area contributed by atoms with Gasteiger partial charge in [0, 0.05) is 25.6 Å². The summed E-state index contributed by atoms with van der Waals surface area (Å²) in [5, 5.41) is 2.88. The number of carbonyl (C=O) groups excluding carboxylic acids is 2. The van der Waals surface area contributed by atoms with E-state index in [0.29, 0.717) is 11.4 Å². The van der Waals surface area contributed by atoms with Crippen LogP contribution in [0, 0.1) is 13.8 Å². The van der Waals surface area contributed by atoms with Gasteiger partial charge in [0.15, 0.2) is 0 Å². The SMILES string of the molecule is COc1ccccc1N(CCC(=O)Nc1ccc(C)c(C)c1)C(C)=O. The van der Waals surface area contributed by atoms with E-state index in [9.17, 15) is 9.59 Å². The maximum absolute atomic E-state index is 12.2. The maximum Gasteiger partial charge on any atom is 0.226 e. The Bertz CT molecular complexity index is 771. The minimum absolute atomic E-state index is 0.135. The number of nitrogens with zero attached hydrogens (tertiary/aromatic N) is 1. The van der Waals surface area contributed by atoms with Gasteiger partial charge in [-0.1, -0.05) is 18.2 Å². The molecule has 0 unspecified atom stereocenters. The molecule has 0 aliphatic carbocycles. The van der Waals surface area contributed by atoms with Crippen molar-refractivity contribution in [2.45, 2.75) is 27.2 Å². The Labute approximate surface area is 148 Å². The third-order valence-corrected chi connectivity index (χ3v) is 4.11. The normalized spacial score (nSPS) is 10.2. The lowest BCUT2D eigenvalue weighted by molar-refractivity contribution is -0.117.